The van der Waals surface area contributed by atoms with E-state index in [1.807, 2.05) is 41.3 Å². The topological polar surface area (TPSA) is 53.5 Å². The van der Waals surface area contributed by atoms with Gasteiger partial charge in [0.25, 0.3) is 0 Å². The fourth-order valence-electron chi connectivity index (χ4n) is 4.45. The molecule has 0 saturated carbocycles. The highest BCUT2D eigenvalue weighted by atomic mass is 79.9. The molecular formula is C23H22BrN3O2S. The third kappa shape index (κ3) is 3.65. The molecule has 7 heteroatoms. The van der Waals surface area contributed by atoms with Crippen LogP contribution in [0, 0.1) is 5.92 Å². The normalized spacial score (nSPS) is 20.3. The van der Waals surface area contributed by atoms with E-state index in [1.165, 1.54) is 9.71 Å². The highest BCUT2D eigenvalue weighted by molar-refractivity contribution is 9.10. The van der Waals surface area contributed by atoms with Crippen molar-refractivity contribution in [3.8, 4) is 0 Å². The molecule has 5 nitrogen and oxygen atoms in total. The molecule has 3 heterocycles. The second-order valence-electron chi connectivity index (χ2n) is 7.98. The maximum Gasteiger partial charge on any atom is 0.228 e. The summed E-state index contributed by atoms with van der Waals surface area (Å²) in [5.74, 6) is 0.280. The lowest BCUT2D eigenvalue weighted by Gasteiger charge is -2.32. The third-order valence-electron chi connectivity index (χ3n) is 6.08. The molecule has 2 aliphatic rings. The van der Waals surface area contributed by atoms with E-state index in [-0.39, 0.29) is 24.2 Å². The molecule has 0 spiro atoms. The predicted octanol–water partition coefficient (Wildman–Crippen LogP) is 4.82. The number of benzene rings is 2. The summed E-state index contributed by atoms with van der Waals surface area (Å²) in [4.78, 5) is 34.2. The Balaban J connectivity index is 1.23. The van der Waals surface area contributed by atoms with Crippen molar-refractivity contribution in [3.05, 3.63) is 58.0 Å². The smallest absolute Gasteiger partial charge is 0.228 e. The second-order valence-corrected chi connectivity index (χ2v) is 9.89. The first kappa shape index (κ1) is 19.7. The van der Waals surface area contributed by atoms with Crippen LogP contribution in [0.1, 0.15) is 30.2 Å². The van der Waals surface area contributed by atoms with Gasteiger partial charge in [-0.05, 0) is 53.0 Å². The summed E-state index contributed by atoms with van der Waals surface area (Å²) >= 11 is 5.28. The van der Waals surface area contributed by atoms with E-state index in [2.05, 4.69) is 28.1 Å². The van der Waals surface area contributed by atoms with Crippen molar-refractivity contribution in [2.45, 2.75) is 25.2 Å². The summed E-state index contributed by atoms with van der Waals surface area (Å²) < 4.78 is 2.10. The molecule has 0 N–H and O–H groups in total. The van der Waals surface area contributed by atoms with Crippen LogP contribution in [-0.2, 0) is 9.59 Å². The number of para-hydroxylation sites is 2. The summed E-state index contributed by atoms with van der Waals surface area (Å²) in [5, 5.41) is 1.18. The Labute approximate surface area is 187 Å². The SMILES string of the molecule is O=C(C1CC(=O)N(c2ccccc2Br)C1)N1CCC(c2nc3ccccc3s2)CC1. The minimum Gasteiger partial charge on any atom is -0.342 e. The van der Waals surface area contributed by atoms with Gasteiger partial charge in [0.05, 0.1) is 26.8 Å². The van der Waals surface area contributed by atoms with Crippen molar-refractivity contribution in [1.29, 1.82) is 0 Å². The number of amides is 2. The predicted molar refractivity (Wildman–Crippen MR) is 123 cm³/mol. The molecule has 1 aromatic heterocycles. The van der Waals surface area contributed by atoms with E-state index in [4.69, 9.17) is 4.98 Å². The van der Waals surface area contributed by atoms with Gasteiger partial charge in [-0.15, -0.1) is 11.3 Å². The van der Waals surface area contributed by atoms with Crippen LogP contribution in [0.3, 0.4) is 0 Å². The first-order chi connectivity index (χ1) is 14.6. The van der Waals surface area contributed by atoms with Crippen molar-refractivity contribution >= 4 is 55.0 Å². The number of hydrogen-bond acceptors (Lipinski definition) is 4. The summed E-state index contributed by atoms with van der Waals surface area (Å²) in [6, 6.07) is 15.9. The summed E-state index contributed by atoms with van der Waals surface area (Å²) in [5.41, 5.74) is 1.90. The number of thiazole rings is 1. The summed E-state index contributed by atoms with van der Waals surface area (Å²) in [6.07, 6.45) is 2.15. The first-order valence-electron chi connectivity index (χ1n) is 10.3. The number of rotatable bonds is 3. The number of hydrogen-bond donors (Lipinski definition) is 0. The minimum absolute atomic E-state index is 0.0182. The van der Waals surface area contributed by atoms with Crippen LogP contribution in [0.2, 0.25) is 0 Å². The first-order valence-corrected chi connectivity index (χ1v) is 11.9. The number of carbonyl (C=O) groups excluding carboxylic acids is 2. The van der Waals surface area contributed by atoms with Gasteiger partial charge in [-0.1, -0.05) is 24.3 Å². The summed E-state index contributed by atoms with van der Waals surface area (Å²) in [7, 11) is 0. The van der Waals surface area contributed by atoms with Crippen molar-refractivity contribution in [2.75, 3.05) is 24.5 Å². The Morgan fingerprint density at radius 2 is 1.80 bits per heavy atom. The monoisotopic (exact) mass is 483 g/mol. The average Bonchev–Trinajstić information content (AvgIpc) is 3.37. The zero-order chi connectivity index (χ0) is 20.7. The molecule has 0 radical (unpaired) electrons. The van der Waals surface area contributed by atoms with Crippen molar-refractivity contribution in [2.24, 2.45) is 5.92 Å². The van der Waals surface area contributed by atoms with E-state index in [0.717, 1.165) is 41.6 Å². The zero-order valence-electron chi connectivity index (χ0n) is 16.5. The number of carbonyl (C=O) groups is 2. The number of anilines is 1. The maximum absolute atomic E-state index is 13.1. The molecule has 0 aliphatic carbocycles. The Bertz CT molecular complexity index is 1070. The zero-order valence-corrected chi connectivity index (χ0v) is 18.9. The van der Waals surface area contributed by atoms with Gasteiger partial charge in [0, 0.05) is 36.4 Å². The number of piperidine rings is 1. The lowest BCUT2D eigenvalue weighted by atomic mass is 9.96. The molecule has 0 bridgehead atoms. The van der Waals surface area contributed by atoms with Crippen LogP contribution in [0.25, 0.3) is 10.2 Å². The number of fused-ring (bicyclic) bond motifs is 1. The Kier molecular flexibility index (Phi) is 5.33. The van der Waals surface area contributed by atoms with Crippen molar-refractivity contribution < 1.29 is 9.59 Å². The largest absolute Gasteiger partial charge is 0.342 e. The van der Waals surface area contributed by atoms with Gasteiger partial charge in [0.2, 0.25) is 11.8 Å². The Morgan fingerprint density at radius 3 is 2.57 bits per heavy atom. The molecule has 2 fully saturated rings. The van der Waals surface area contributed by atoms with E-state index in [9.17, 15) is 9.59 Å². The van der Waals surface area contributed by atoms with Gasteiger partial charge >= 0.3 is 0 Å². The van der Waals surface area contributed by atoms with Crippen LogP contribution in [0.15, 0.2) is 53.0 Å². The Hall–Kier alpha value is -2.25. The highest BCUT2D eigenvalue weighted by Crippen LogP contribution is 2.36. The quantitative estimate of drug-likeness (QED) is 0.536. The highest BCUT2D eigenvalue weighted by Gasteiger charge is 2.38. The van der Waals surface area contributed by atoms with Crippen molar-refractivity contribution in [3.63, 3.8) is 0 Å². The van der Waals surface area contributed by atoms with Crippen LogP contribution < -0.4 is 4.90 Å². The molecule has 2 saturated heterocycles. The summed E-state index contributed by atoms with van der Waals surface area (Å²) in [6.45, 7) is 1.93. The molecule has 1 unspecified atom stereocenters. The maximum atomic E-state index is 13.1. The van der Waals surface area contributed by atoms with Crippen LogP contribution >= 0.6 is 27.3 Å². The fourth-order valence-corrected chi connectivity index (χ4v) is 6.08. The van der Waals surface area contributed by atoms with E-state index >= 15 is 0 Å². The van der Waals surface area contributed by atoms with Gasteiger partial charge in [-0.25, -0.2) is 4.98 Å². The fraction of sp³-hybridized carbons (Fsp3) is 0.348. The van der Waals surface area contributed by atoms with Crippen LogP contribution in [0.4, 0.5) is 5.69 Å². The molecule has 1 atom stereocenters. The van der Waals surface area contributed by atoms with Crippen LogP contribution in [0.5, 0.6) is 0 Å². The van der Waals surface area contributed by atoms with Gasteiger partial charge in [0.15, 0.2) is 0 Å². The van der Waals surface area contributed by atoms with Gasteiger partial charge in [-0.2, -0.15) is 0 Å². The number of halogens is 1. The van der Waals surface area contributed by atoms with Gasteiger partial charge in [0.1, 0.15) is 0 Å². The minimum atomic E-state index is -0.261. The van der Waals surface area contributed by atoms with E-state index in [0.29, 0.717) is 12.5 Å². The van der Waals surface area contributed by atoms with E-state index < -0.39 is 0 Å². The molecule has 2 aromatic carbocycles. The lowest BCUT2D eigenvalue weighted by molar-refractivity contribution is -0.136. The molecular weight excluding hydrogens is 462 g/mol. The number of aromatic nitrogens is 1. The van der Waals surface area contributed by atoms with Crippen LogP contribution in [-0.4, -0.2) is 41.3 Å². The standard InChI is InChI=1S/C23H22BrN3O2S/c24-17-5-1-3-7-19(17)27-14-16(13-21(27)28)23(29)26-11-9-15(10-12-26)22-25-18-6-2-4-8-20(18)30-22/h1-8,15-16H,9-14H2. The lowest BCUT2D eigenvalue weighted by Crippen LogP contribution is -2.42. The Morgan fingerprint density at radius 1 is 1.07 bits per heavy atom. The van der Waals surface area contributed by atoms with Crippen molar-refractivity contribution in [1.82, 2.24) is 9.88 Å². The molecule has 154 valence electrons. The molecule has 2 amide bonds. The molecule has 2 aliphatic heterocycles. The third-order valence-corrected chi connectivity index (χ3v) is 7.95. The number of nitrogens with zero attached hydrogens (tertiary/aromatic N) is 3. The molecule has 30 heavy (non-hydrogen) atoms. The average molecular weight is 484 g/mol. The second kappa shape index (κ2) is 8.12. The van der Waals surface area contributed by atoms with Gasteiger partial charge < -0.3 is 9.80 Å². The molecule has 5 rings (SSSR count). The van der Waals surface area contributed by atoms with Gasteiger partial charge in [-0.3, -0.25) is 9.59 Å². The molecule has 3 aromatic rings. The number of likely N-dealkylation sites (tertiary alicyclic amines) is 1. The van der Waals surface area contributed by atoms with E-state index in [1.54, 1.807) is 16.2 Å².